The van der Waals surface area contributed by atoms with E-state index in [9.17, 15) is 26.3 Å². The monoisotopic (exact) mass is 412 g/mol. The molecule has 148 valence electrons. The summed E-state index contributed by atoms with van der Waals surface area (Å²) < 4.78 is 77.3. The molecule has 2 rings (SSSR count). The molecule has 1 heterocycles. The van der Waals surface area contributed by atoms with Gasteiger partial charge in [-0.3, -0.25) is 0 Å². The minimum atomic E-state index is -4.73. The Labute approximate surface area is 156 Å². The van der Waals surface area contributed by atoms with E-state index in [0.29, 0.717) is 18.6 Å². The van der Waals surface area contributed by atoms with Crippen molar-refractivity contribution in [1.29, 1.82) is 0 Å². The van der Waals surface area contributed by atoms with E-state index in [1.807, 2.05) is 6.92 Å². The van der Waals surface area contributed by atoms with Gasteiger partial charge in [-0.15, -0.1) is 0 Å². The van der Waals surface area contributed by atoms with Crippen molar-refractivity contribution in [2.75, 3.05) is 10.6 Å². The van der Waals surface area contributed by atoms with Crippen LogP contribution in [0.3, 0.4) is 0 Å². The number of hydrogen-bond acceptors (Lipinski definition) is 4. The van der Waals surface area contributed by atoms with Crippen LogP contribution in [-0.4, -0.2) is 16.0 Å². The molecule has 0 aliphatic carbocycles. The van der Waals surface area contributed by atoms with Gasteiger partial charge in [-0.25, -0.2) is 4.98 Å². The molecule has 0 amide bonds. The minimum absolute atomic E-state index is 0.0222. The fraction of sp³-hybridized carbons (Fsp3) is 0.375. The minimum Gasteiger partial charge on any atom is -0.352 e. The molecular formula is C16H15ClF6N4. The maximum absolute atomic E-state index is 13.1. The highest BCUT2D eigenvalue weighted by molar-refractivity contribution is 6.33. The van der Waals surface area contributed by atoms with Crippen LogP contribution in [-0.2, 0) is 12.4 Å². The van der Waals surface area contributed by atoms with Gasteiger partial charge in [-0.1, -0.05) is 18.5 Å². The van der Waals surface area contributed by atoms with E-state index in [4.69, 9.17) is 11.6 Å². The number of anilines is 3. The average Bonchev–Trinajstić information content (AvgIpc) is 2.54. The Morgan fingerprint density at radius 1 is 1.04 bits per heavy atom. The third kappa shape index (κ3) is 5.62. The number of nitrogens with zero attached hydrogens (tertiary/aromatic N) is 2. The lowest BCUT2D eigenvalue weighted by Gasteiger charge is -2.16. The van der Waals surface area contributed by atoms with Gasteiger partial charge in [0.25, 0.3) is 0 Å². The Morgan fingerprint density at radius 2 is 1.70 bits per heavy atom. The van der Waals surface area contributed by atoms with Gasteiger partial charge < -0.3 is 10.6 Å². The molecule has 11 heteroatoms. The first-order valence-electron chi connectivity index (χ1n) is 7.76. The van der Waals surface area contributed by atoms with Gasteiger partial charge in [0.1, 0.15) is 5.82 Å². The van der Waals surface area contributed by atoms with E-state index in [2.05, 4.69) is 20.6 Å². The molecule has 0 bridgehead atoms. The third-order valence-corrected chi connectivity index (χ3v) is 3.88. The zero-order valence-corrected chi connectivity index (χ0v) is 14.9. The van der Waals surface area contributed by atoms with E-state index in [1.165, 1.54) is 0 Å². The quantitative estimate of drug-likeness (QED) is 0.581. The summed E-state index contributed by atoms with van der Waals surface area (Å²) in [6.07, 6.45) is -8.70. The largest absolute Gasteiger partial charge is 0.433 e. The van der Waals surface area contributed by atoms with Crippen molar-refractivity contribution in [3.63, 3.8) is 0 Å². The standard InChI is InChI=1S/C16H15ClF6N4/c1-3-8(2)24-14-26-12(16(21,22)23)7-13(27-14)25-11-5-4-9(6-10(11)17)15(18,19)20/h4-8H,3H2,1-2H3,(H2,24,25,26,27)/t8-/m0/s1. The fourth-order valence-electron chi connectivity index (χ4n) is 1.97. The van der Waals surface area contributed by atoms with Crippen molar-refractivity contribution >= 4 is 29.1 Å². The molecule has 0 spiro atoms. The molecule has 2 N–H and O–H groups in total. The van der Waals surface area contributed by atoms with Crippen LogP contribution in [0.25, 0.3) is 0 Å². The smallest absolute Gasteiger partial charge is 0.352 e. The lowest BCUT2D eigenvalue weighted by Crippen LogP contribution is -2.18. The lowest BCUT2D eigenvalue weighted by molar-refractivity contribution is -0.141. The summed E-state index contributed by atoms with van der Waals surface area (Å²) in [4.78, 5) is 7.36. The third-order valence-electron chi connectivity index (χ3n) is 3.56. The molecule has 27 heavy (non-hydrogen) atoms. The van der Waals surface area contributed by atoms with Crippen LogP contribution in [0.4, 0.5) is 43.8 Å². The highest BCUT2D eigenvalue weighted by atomic mass is 35.5. The first kappa shape index (κ1) is 21.1. The van der Waals surface area contributed by atoms with E-state index in [-0.39, 0.29) is 28.5 Å². The number of benzene rings is 1. The summed E-state index contributed by atoms with van der Waals surface area (Å²) in [5.74, 6) is -0.519. The zero-order valence-electron chi connectivity index (χ0n) is 14.1. The van der Waals surface area contributed by atoms with Crippen molar-refractivity contribution < 1.29 is 26.3 Å². The first-order chi connectivity index (χ1) is 12.4. The Balaban J connectivity index is 2.38. The number of halogens is 7. The van der Waals surface area contributed by atoms with Crippen molar-refractivity contribution in [1.82, 2.24) is 9.97 Å². The number of hydrogen-bond donors (Lipinski definition) is 2. The van der Waals surface area contributed by atoms with Crippen LogP contribution in [0.5, 0.6) is 0 Å². The summed E-state index contributed by atoms with van der Waals surface area (Å²) in [7, 11) is 0. The summed E-state index contributed by atoms with van der Waals surface area (Å²) >= 11 is 5.82. The second kappa shape index (κ2) is 7.79. The van der Waals surface area contributed by atoms with Crippen LogP contribution in [0.15, 0.2) is 24.3 Å². The molecule has 0 radical (unpaired) electrons. The SMILES string of the molecule is CC[C@H](C)Nc1nc(Nc2ccc(C(F)(F)F)cc2Cl)cc(C(F)(F)F)n1. The first-order valence-corrected chi connectivity index (χ1v) is 8.14. The van der Waals surface area contributed by atoms with Crippen molar-refractivity contribution in [3.8, 4) is 0 Å². The van der Waals surface area contributed by atoms with E-state index in [0.717, 1.165) is 12.1 Å². The van der Waals surface area contributed by atoms with Crippen LogP contribution >= 0.6 is 11.6 Å². The van der Waals surface area contributed by atoms with Crippen LogP contribution in [0.2, 0.25) is 5.02 Å². The van der Waals surface area contributed by atoms with Gasteiger partial charge >= 0.3 is 12.4 Å². The second-order valence-corrected chi connectivity index (χ2v) is 6.14. The molecule has 0 saturated carbocycles. The summed E-state index contributed by atoms with van der Waals surface area (Å²) in [5, 5.41) is 4.92. The topological polar surface area (TPSA) is 49.8 Å². The van der Waals surface area contributed by atoms with Crippen LogP contribution < -0.4 is 10.6 Å². The molecule has 1 aromatic heterocycles. The molecule has 0 unspecified atom stereocenters. The lowest BCUT2D eigenvalue weighted by atomic mass is 10.2. The average molecular weight is 413 g/mol. The van der Waals surface area contributed by atoms with Gasteiger partial charge in [-0.05, 0) is 31.5 Å². The molecule has 0 aliphatic rings. The van der Waals surface area contributed by atoms with Gasteiger partial charge in [-0.2, -0.15) is 31.3 Å². The number of nitrogens with one attached hydrogen (secondary N) is 2. The van der Waals surface area contributed by atoms with Crippen molar-refractivity contribution in [3.05, 3.63) is 40.5 Å². The molecule has 4 nitrogen and oxygen atoms in total. The molecule has 2 aromatic rings. The number of aromatic nitrogens is 2. The second-order valence-electron chi connectivity index (χ2n) is 5.73. The Morgan fingerprint density at radius 3 is 2.22 bits per heavy atom. The maximum Gasteiger partial charge on any atom is 0.433 e. The predicted molar refractivity (Wildman–Crippen MR) is 90.1 cm³/mol. The molecule has 0 fully saturated rings. The van der Waals surface area contributed by atoms with Crippen molar-refractivity contribution in [2.24, 2.45) is 0 Å². The molecule has 1 atom stereocenters. The van der Waals surface area contributed by atoms with Gasteiger partial charge in [0.15, 0.2) is 5.69 Å². The van der Waals surface area contributed by atoms with E-state index < -0.39 is 23.6 Å². The highest BCUT2D eigenvalue weighted by Gasteiger charge is 2.34. The summed E-state index contributed by atoms with van der Waals surface area (Å²) in [5.41, 5.74) is -2.20. The molecule has 1 aromatic carbocycles. The number of alkyl halides is 6. The Bertz CT molecular complexity index is 806. The normalized spacial score (nSPS) is 13.4. The summed E-state index contributed by atoms with van der Waals surface area (Å²) in [6.45, 7) is 3.57. The van der Waals surface area contributed by atoms with Crippen LogP contribution in [0.1, 0.15) is 31.5 Å². The van der Waals surface area contributed by atoms with Gasteiger partial charge in [0.05, 0.1) is 16.3 Å². The molecule has 0 aliphatic heterocycles. The number of rotatable bonds is 5. The fourth-order valence-corrected chi connectivity index (χ4v) is 2.20. The molecule has 0 saturated heterocycles. The zero-order chi connectivity index (χ0) is 20.4. The van der Waals surface area contributed by atoms with Gasteiger partial charge in [0.2, 0.25) is 5.95 Å². The molecular weight excluding hydrogens is 398 g/mol. The Hall–Kier alpha value is -2.23. The Kier molecular flexibility index (Phi) is 6.08. The summed E-state index contributed by atoms with van der Waals surface area (Å²) in [6, 6.07) is 2.92. The van der Waals surface area contributed by atoms with Crippen LogP contribution in [0, 0.1) is 0 Å². The van der Waals surface area contributed by atoms with E-state index in [1.54, 1.807) is 6.92 Å². The predicted octanol–water partition coefficient (Wildman–Crippen LogP) is 6.12. The maximum atomic E-state index is 13.1. The van der Waals surface area contributed by atoms with Gasteiger partial charge in [0, 0.05) is 12.1 Å². The highest BCUT2D eigenvalue weighted by Crippen LogP contribution is 2.35. The van der Waals surface area contributed by atoms with Crippen molar-refractivity contribution in [2.45, 2.75) is 38.7 Å². The van der Waals surface area contributed by atoms with E-state index >= 15 is 0 Å².